The lowest BCUT2D eigenvalue weighted by atomic mass is 10.0. The quantitative estimate of drug-likeness (QED) is 0.637. The number of ether oxygens (including phenoxy) is 1. The Morgan fingerprint density at radius 2 is 1.89 bits per heavy atom. The van der Waals surface area contributed by atoms with Crippen molar-refractivity contribution in [3.8, 4) is 17.2 Å². The van der Waals surface area contributed by atoms with Gasteiger partial charge in [0.1, 0.15) is 5.54 Å². The van der Waals surface area contributed by atoms with Gasteiger partial charge in [-0.15, -0.1) is 0 Å². The first-order valence-corrected chi connectivity index (χ1v) is 12.6. The van der Waals surface area contributed by atoms with E-state index in [1.54, 1.807) is 19.1 Å². The molecular formula is C24H24F3N3O4S. The normalized spacial score (nSPS) is 23.5. The molecule has 1 amide bonds. The zero-order valence-electron chi connectivity index (χ0n) is 19.1. The first-order chi connectivity index (χ1) is 16.4. The molecule has 0 aliphatic heterocycles. The van der Waals surface area contributed by atoms with E-state index in [1.165, 1.54) is 19.4 Å². The van der Waals surface area contributed by atoms with Crippen molar-refractivity contribution in [3.05, 3.63) is 47.8 Å². The molecule has 1 aromatic carbocycles. The molecule has 7 nitrogen and oxygen atoms in total. The maximum Gasteiger partial charge on any atom is 0.417 e. The molecule has 2 saturated carbocycles. The van der Waals surface area contributed by atoms with Gasteiger partial charge >= 0.3 is 6.18 Å². The van der Waals surface area contributed by atoms with Crippen LogP contribution in [-0.2, 0) is 25.5 Å². The molecule has 2 aromatic rings. The van der Waals surface area contributed by atoms with Crippen LogP contribution in [0.2, 0.25) is 0 Å². The summed E-state index contributed by atoms with van der Waals surface area (Å²) in [6, 6.07) is 8.41. The van der Waals surface area contributed by atoms with E-state index in [1.807, 2.05) is 6.07 Å². The van der Waals surface area contributed by atoms with Crippen molar-refractivity contribution in [2.45, 2.75) is 60.6 Å². The summed E-state index contributed by atoms with van der Waals surface area (Å²) in [7, 11) is -3.14. The highest BCUT2D eigenvalue weighted by Crippen LogP contribution is 2.43. The van der Waals surface area contributed by atoms with Crippen LogP contribution in [0, 0.1) is 24.2 Å². The molecule has 35 heavy (non-hydrogen) atoms. The minimum Gasteiger partial charge on any atom is -0.381 e. The van der Waals surface area contributed by atoms with Crippen LogP contribution in [0.15, 0.2) is 41.4 Å². The van der Waals surface area contributed by atoms with Gasteiger partial charge in [0, 0.05) is 24.6 Å². The maximum absolute atomic E-state index is 14.0. The molecule has 0 spiro atoms. The number of hydrogen-bond acceptors (Lipinski definition) is 6. The van der Waals surface area contributed by atoms with Crippen molar-refractivity contribution >= 4 is 15.7 Å². The molecule has 4 rings (SSSR count). The summed E-state index contributed by atoms with van der Waals surface area (Å²) in [5, 5.41) is 10.6. The number of methoxy groups -OCH3 is 1. The van der Waals surface area contributed by atoms with Crippen molar-refractivity contribution in [1.29, 1.82) is 5.26 Å². The molecule has 0 unspecified atom stereocenters. The zero-order chi connectivity index (χ0) is 25.6. The molecule has 2 aliphatic rings. The summed E-state index contributed by atoms with van der Waals surface area (Å²) in [5.41, 5.74) is -0.906. The van der Waals surface area contributed by atoms with E-state index in [0.29, 0.717) is 24.1 Å². The highest BCUT2D eigenvalue weighted by Gasteiger charge is 2.51. The van der Waals surface area contributed by atoms with Crippen LogP contribution in [0.25, 0.3) is 11.1 Å². The summed E-state index contributed by atoms with van der Waals surface area (Å²) in [5.74, 6) is -1.41. The second-order valence-corrected chi connectivity index (χ2v) is 11.3. The van der Waals surface area contributed by atoms with Crippen molar-refractivity contribution in [2.24, 2.45) is 5.92 Å². The number of amides is 1. The fourth-order valence-corrected chi connectivity index (χ4v) is 6.46. The molecule has 3 atom stereocenters. The number of nitrogens with one attached hydrogen (secondary N) is 1. The summed E-state index contributed by atoms with van der Waals surface area (Å²) in [4.78, 5) is 16.0. The van der Waals surface area contributed by atoms with Gasteiger partial charge in [-0.05, 0) is 56.4 Å². The smallest absolute Gasteiger partial charge is 0.381 e. The van der Waals surface area contributed by atoms with E-state index in [-0.39, 0.29) is 18.4 Å². The highest BCUT2D eigenvalue weighted by atomic mass is 32.2. The molecule has 2 aliphatic carbocycles. The number of benzene rings is 1. The van der Waals surface area contributed by atoms with Crippen molar-refractivity contribution in [2.75, 3.05) is 7.11 Å². The molecule has 11 heteroatoms. The number of sulfone groups is 1. The van der Waals surface area contributed by atoms with Gasteiger partial charge in [0.05, 0.1) is 33.8 Å². The standard InChI is InChI=1S/C24H24F3N3O4S/c1-14-3-4-16(12-29-14)15-5-6-21(19(9-15)24(25,26)27)35(32,33)17-10-18(20(11-17)34-2)22(31)30-23(13-28)7-8-23/h3-6,9,12,17-18,20H,7-8,10-11H2,1-2H3,(H,30,31)/t17-,18-,20-/m1/s1. The SMILES string of the molecule is CO[C@@H]1C[C@H](S(=O)(=O)c2ccc(-c3ccc(C)nc3)cc2C(F)(F)F)C[C@H]1C(=O)NC1(C#N)CC1. The first-order valence-electron chi connectivity index (χ1n) is 11.0. The van der Waals surface area contributed by atoms with Gasteiger partial charge in [0.15, 0.2) is 9.84 Å². The van der Waals surface area contributed by atoms with Gasteiger partial charge in [-0.1, -0.05) is 12.1 Å². The molecule has 0 saturated heterocycles. The highest BCUT2D eigenvalue weighted by molar-refractivity contribution is 7.92. The second kappa shape index (κ2) is 8.91. The minimum atomic E-state index is -4.92. The van der Waals surface area contributed by atoms with Crippen molar-refractivity contribution in [1.82, 2.24) is 10.3 Å². The summed E-state index contributed by atoms with van der Waals surface area (Å²) >= 11 is 0. The Labute approximate surface area is 201 Å². The lowest BCUT2D eigenvalue weighted by Crippen LogP contribution is -2.42. The van der Waals surface area contributed by atoms with Crippen molar-refractivity contribution < 1.29 is 31.1 Å². The molecule has 2 fully saturated rings. The summed E-state index contributed by atoms with van der Waals surface area (Å²) < 4.78 is 74.2. The number of rotatable bonds is 6. The Morgan fingerprint density at radius 1 is 1.20 bits per heavy atom. The van der Waals surface area contributed by atoms with E-state index >= 15 is 0 Å². The topological polar surface area (TPSA) is 109 Å². The van der Waals surface area contributed by atoms with E-state index in [9.17, 15) is 31.6 Å². The monoisotopic (exact) mass is 507 g/mol. The molecule has 1 N–H and O–H groups in total. The predicted molar refractivity (Wildman–Crippen MR) is 120 cm³/mol. The van der Waals surface area contributed by atoms with Crippen LogP contribution in [0.3, 0.4) is 0 Å². The molecule has 0 radical (unpaired) electrons. The molecule has 1 heterocycles. The number of nitriles is 1. The van der Waals surface area contributed by atoms with Crippen LogP contribution in [-0.4, -0.2) is 43.3 Å². The average molecular weight is 508 g/mol. The Balaban J connectivity index is 1.66. The number of carbonyl (C=O) groups excluding carboxylic acids is 1. The molecule has 186 valence electrons. The number of alkyl halides is 3. The van der Waals surface area contributed by atoms with Crippen LogP contribution in [0.4, 0.5) is 13.2 Å². The molecule has 1 aromatic heterocycles. The van der Waals surface area contributed by atoms with E-state index in [2.05, 4.69) is 10.3 Å². The summed E-state index contributed by atoms with van der Waals surface area (Å²) in [6.45, 7) is 1.74. The van der Waals surface area contributed by atoms with E-state index in [0.717, 1.165) is 12.1 Å². The van der Waals surface area contributed by atoms with Crippen molar-refractivity contribution in [3.63, 3.8) is 0 Å². The van der Waals surface area contributed by atoms with Gasteiger partial charge in [-0.2, -0.15) is 18.4 Å². The molecule has 0 bridgehead atoms. The number of halogens is 3. The number of pyridine rings is 1. The Bertz CT molecular complexity index is 1280. The largest absolute Gasteiger partial charge is 0.417 e. The number of hydrogen-bond donors (Lipinski definition) is 1. The van der Waals surface area contributed by atoms with Crippen LogP contribution in [0.1, 0.15) is 36.9 Å². The average Bonchev–Trinajstić information content (AvgIpc) is 3.44. The Kier molecular flexibility index (Phi) is 6.40. The van der Waals surface area contributed by atoms with Gasteiger partial charge in [0.2, 0.25) is 5.91 Å². The van der Waals surface area contributed by atoms with Gasteiger partial charge in [-0.25, -0.2) is 8.42 Å². The third-order valence-corrected chi connectivity index (χ3v) is 8.93. The zero-order valence-corrected chi connectivity index (χ0v) is 19.9. The van der Waals surface area contributed by atoms with Crippen LogP contribution >= 0.6 is 0 Å². The number of nitrogens with zero attached hydrogens (tertiary/aromatic N) is 2. The van der Waals surface area contributed by atoms with Gasteiger partial charge < -0.3 is 10.1 Å². The number of aryl methyl sites for hydroxylation is 1. The fourth-order valence-electron chi connectivity index (χ4n) is 4.46. The lowest BCUT2D eigenvalue weighted by molar-refractivity contribution is -0.139. The first kappa shape index (κ1) is 25.1. The fraction of sp³-hybridized carbons (Fsp3) is 0.458. The van der Waals surface area contributed by atoms with E-state index < -0.39 is 55.2 Å². The summed E-state index contributed by atoms with van der Waals surface area (Å²) in [6.07, 6.45) is -3.62. The van der Waals surface area contributed by atoms with Gasteiger partial charge in [-0.3, -0.25) is 9.78 Å². The van der Waals surface area contributed by atoms with Crippen LogP contribution < -0.4 is 5.32 Å². The predicted octanol–water partition coefficient (Wildman–Crippen LogP) is 3.82. The Morgan fingerprint density at radius 3 is 2.43 bits per heavy atom. The third-order valence-electron chi connectivity index (χ3n) is 6.70. The third kappa shape index (κ3) is 4.90. The Hall–Kier alpha value is -2.97. The number of aromatic nitrogens is 1. The van der Waals surface area contributed by atoms with Gasteiger partial charge in [0.25, 0.3) is 0 Å². The maximum atomic E-state index is 14.0. The second-order valence-electron chi connectivity index (χ2n) is 9.10. The van der Waals surface area contributed by atoms with E-state index in [4.69, 9.17) is 4.74 Å². The molecular weight excluding hydrogens is 483 g/mol. The lowest BCUT2D eigenvalue weighted by Gasteiger charge is -2.19. The minimum absolute atomic E-state index is 0.128. The number of carbonyl (C=O) groups is 1. The van der Waals surface area contributed by atoms with Crippen LogP contribution in [0.5, 0.6) is 0 Å².